The van der Waals surface area contributed by atoms with Gasteiger partial charge in [-0.25, -0.2) is 4.79 Å². The Morgan fingerprint density at radius 1 is 1.36 bits per heavy atom. The van der Waals surface area contributed by atoms with Crippen LogP contribution in [-0.2, 0) is 11.2 Å². The van der Waals surface area contributed by atoms with Gasteiger partial charge in [-0.1, -0.05) is 30.3 Å². The molecule has 0 saturated carbocycles. The number of alkyl carbamates (subject to hydrolysis) is 1. The van der Waals surface area contributed by atoms with Gasteiger partial charge in [-0.05, 0) is 32.8 Å². The SMILES string of the molecule is CC(C)(C)OC(=O)N[C@@H](Cc1ccccc1)C(O)C[N+](=O)[O-]. The van der Waals surface area contributed by atoms with Crippen LogP contribution in [0.2, 0.25) is 0 Å². The Kier molecular flexibility index (Phi) is 6.30. The fourth-order valence-electron chi connectivity index (χ4n) is 1.89. The lowest BCUT2D eigenvalue weighted by Gasteiger charge is -2.25. The van der Waals surface area contributed by atoms with Gasteiger partial charge in [0.15, 0.2) is 0 Å². The molecule has 0 aromatic heterocycles. The quantitative estimate of drug-likeness (QED) is 0.616. The van der Waals surface area contributed by atoms with Crippen molar-refractivity contribution in [1.82, 2.24) is 5.32 Å². The third kappa shape index (κ3) is 7.03. The van der Waals surface area contributed by atoms with Crippen molar-refractivity contribution in [2.45, 2.75) is 44.9 Å². The normalized spacial score (nSPS) is 14.0. The van der Waals surface area contributed by atoms with E-state index in [2.05, 4.69) is 5.32 Å². The number of nitrogens with zero attached hydrogens (tertiary/aromatic N) is 1. The monoisotopic (exact) mass is 310 g/mol. The molecule has 0 bridgehead atoms. The average Bonchev–Trinajstić information content (AvgIpc) is 2.36. The highest BCUT2D eigenvalue weighted by Gasteiger charge is 2.27. The summed E-state index contributed by atoms with van der Waals surface area (Å²) in [4.78, 5) is 21.8. The molecule has 0 fully saturated rings. The van der Waals surface area contributed by atoms with Crippen molar-refractivity contribution in [2.24, 2.45) is 0 Å². The second-order valence-electron chi connectivity index (χ2n) is 6.03. The van der Waals surface area contributed by atoms with Crippen LogP contribution < -0.4 is 5.32 Å². The Hall–Kier alpha value is -2.15. The van der Waals surface area contributed by atoms with E-state index in [1.807, 2.05) is 30.3 Å². The maximum absolute atomic E-state index is 11.8. The van der Waals surface area contributed by atoms with Crippen LogP contribution in [0.1, 0.15) is 26.3 Å². The number of hydrogen-bond donors (Lipinski definition) is 2. The van der Waals surface area contributed by atoms with Gasteiger partial charge in [0.25, 0.3) is 0 Å². The molecular formula is C15H22N2O5. The Bertz CT molecular complexity index is 498. The lowest BCUT2D eigenvalue weighted by atomic mass is 10.0. The molecule has 22 heavy (non-hydrogen) atoms. The van der Waals surface area contributed by atoms with Crippen molar-refractivity contribution in [3.8, 4) is 0 Å². The number of carbonyl (C=O) groups is 1. The number of benzene rings is 1. The van der Waals surface area contributed by atoms with Crippen LogP contribution >= 0.6 is 0 Å². The number of carbonyl (C=O) groups excluding carboxylic acids is 1. The maximum atomic E-state index is 11.8. The van der Waals surface area contributed by atoms with Crippen molar-refractivity contribution < 1.29 is 19.6 Å². The average molecular weight is 310 g/mol. The molecule has 0 heterocycles. The lowest BCUT2D eigenvalue weighted by Crippen LogP contribution is -2.49. The third-order valence-corrected chi connectivity index (χ3v) is 2.80. The number of aliphatic hydroxyl groups excluding tert-OH is 1. The number of nitro groups is 1. The number of ether oxygens (including phenoxy) is 1. The van der Waals surface area contributed by atoms with Crippen molar-refractivity contribution >= 4 is 6.09 Å². The highest BCUT2D eigenvalue weighted by atomic mass is 16.6. The van der Waals surface area contributed by atoms with Gasteiger partial charge in [-0.2, -0.15) is 0 Å². The minimum absolute atomic E-state index is 0.273. The summed E-state index contributed by atoms with van der Waals surface area (Å²) in [7, 11) is 0. The molecule has 0 aliphatic carbocycles. The van der Waals surface area contributed by atoms with Gasteiger partial charge in [0.05, 0.1) is 6.04 Å². The fraction of sp³-hybridized carbons (Fsp3) is 0.533. The maximum Gasteiger partial charge on any atom is 0.407 e. The molecule has 1 aromatic rings. The first-order valence-electron chi connectivity index (χ1n) is 7.00. The van der Waals surface area contributed by atoms with Crippen LogP contribution in [0.5, 0.6) is 0 Å². The largest absolute Gasteiger partial charge is 0.444 e. The molecule has 2 atom stereocenters. The van der Waals surface area contributed by atoms with Crippen LogP contribution in [0.15, 0.2) is 30.3 Å². The first-order valence-corrected chi connectivity index (χ1v) is 7.00. The highest BCUT2D eigenvalue weighted by molar-refractivity contribution is 5.68. The van der Waals surface area contributed by atoms with Gasteiger partial charge in [-0.3, -0.25) is 10.1 Å². The topological polar surface area (TPSA) is 102 Å². The Morgan fingerprint density at radius 3 is 2.45 bits per heavy atom. The van der Waals surface area contributed by atoms with E-state index in [9.17, 15) is 20.0 Å². The molecule has 0 aliphatic heterocycles. The summed E-state index contributed by atoms with van der Waals surface area (Å²) < 4.78 is 5.13. The van der Waals surface area contributed by atoms with E-state index in [1.165, 1.54) is 0 Å². The van der Waals surface area contributed by atoms with Gasteiger partial charge in [0, 0.05) is 4.92 Å². The minimum Gasteiger partial charge on any atom is -0.444 e. The first-order chi connectivity index (χ1) is 10.2. The summed E-state index contributed by atoms with van der Waals surface area (Å²) in [6.45, 7) is 4.50. The molecule has 7 nitrogen and oxygen atoms in total. The predicted molar refractivity (Wildman–Crippen MR) is 81.2 cm³/mol. The highest BCUT2D eigenvalue weighted by Crippen LogP contribution is 2.10. The van der Waals surface area contributed by atoms with E-state index in [0.717, 1.165) is 5.56 Å². The van der Waals surface area contributed by atoms with Crippen LogP contribution in [0, 0.1) is 10.1 Å². The van der Waals surface area contributed by atoms with Crippen LogP contribution in [0.25, 0.3) is 0 Å². The summed E-state index contributed by atoms with van der Waals surface area (Å²) in [6.07, 6.45) is -1.74. The van der Waals surface area contributed by atoms with E-state index in [-0.39, 0.29) is 6.42 Å². The number of rotatable bonds is 6. The second-order valence-corrected chi connectivity index (χ2v) is 6.03. The zero-order valence-electron chi connectivity index (χ0n) is 13.0. The van der Waals surface area contributed by atoms with Gasteiger partial charge >= 0.3 is 6.09 Å². The lowest BCUT2D eigenvalue weighted by molar-refractivity contribution is -0.491. The molecule has 1 unspecified atom stereocenters. The first kappa shape index (κ1) is 17.9. The summed E-state index contributed by atoms with van der Waals surface area (Å²) in [5.41, 5.74) is 0.168. The molecular weight excluding hydrogens is 288 g/mol. The van der Waals surface area contributed by atoms with Gasteiger partial charge in [0.2, 0.25) is 6.54 Å². The zero-order chi connectivity index (χ0) is 16.8. The third-order valence-electron chi connectivity index (χ3n) is 2.80. The number of hydrogen-bond acceptors (Lipinski definition) is 5. The van der Waals surface area contributed by atoms with E-state index in [4.69, 9.17) is 4.74 Å². The van der Waals surface area contributed by atoms with E-state index >= 15 is 0 Å². The molecule has 1 amide bonds. The summed E-state index contributed by atoms with van der Waals surface area (Å²) in [6, 6.07) is 8.32. The Balaban J connectivity index is 2.77. The Morgan fingerprint density at radius 2 is 1.95 bits per heavy atom. The predicted octanol–water partition coefficient (Wildman–Crippen LogP) is 1.76. The second kappa shape index (κ2) is 7.74. The standard InChI is InChI=1S/C15H22N2O5/c1-15(2,3)22-14(19)16-12(13(18)10-17(20)21)9-11-7-5-4-6-8-11/h4-8,12-13,18H,9-10H2,1-3H3,(H,16,19)/t12-,13?/m0/s1. The van der Waals surface area contributed by atoms with Crippen molar-refractivity contribution in [2.75, 3.05) is 6.54 Å². The molecule has 0 saturated heterocycles. The van der Waals surface area contributed by atoms with Crippen molar-refractivity contribution in [1.29, 1.82) is 0 Å². The van der Waals surface area contributed by atoms with Gasteiger partial charge < -0.3 is 15.2 Å². The molecule has 122 valence electrons. The van der Waals surface area contributed by atoms with E-state index < -0.39 is 35.3 Å². The fourth-order valence-corrected chi connectivity index (χ4v) is 1.89. The molecule has 0 spiro atoms. The van der Waals surface area contributed by atoms with Crippen LogP contribution in [0.3, 0.4) is 0 Å². The van der Waals surface area contributed by atoms with E-state index in [1.54, 1.807) is 20.8 Å². The zero-order valence-corrected chi connectivity index (χ0v) is 13.0. The van der Waals surface area contributed by atoms with Gasteiger partial charge in [-0.15, -0.1) is 0 Å². The van der Waals surface area contributed by atoms with Crippen LogP contribution in [0.4, 0.5) is 4.79 Å². The van der Waals surface area contributed by atoms with Crippen molar-refractivity contribution in [3.63, 3.8) is 0 Å². The molecule has 7 heteroatoms. The Labute approximate surface area is 129 Å². The number of amides is 1. The smallest absolute Gasteiger partial charge is 0.407 e. The number of nitrogens with one attached hydrogen (secondary N) is 1. The molecule has 0 aliphatic rings. The molecule has 1 aromatic carbocycles. The minimum atomic E-state index is -1.30. The molecule has 1 rings (SSSR count). The van der Waals surface area contributed by atoms with Crippen LogP contribution in [-0.4, -0.2) is 40.4 Å². The summed E-state index contributed by atoms with van der Waals surface area (Å²) in [5, 5.41) is 23.1. The summed E-state index contributed by atoms with van der Waals surface area (Å²) >= 11 is 0. The van der Waals surface area contributed by atoms with Gasteiger partial charge in [0.1, 0.15) is 11.7 Å². The molecule has 2 N–H and O–H groups in total. The van der Waals surface area contributed by atoms with Crippen molar-refractivity contribution in [3.05, 3.63) is 46.0 Å². The summed E-state index contributed by atoms with van der Waals surface area (Å²) in [5.74, 6) is 0. The van der Waals surface area contributed by atoms with E-state index in [0.29, 0.717) is 0 Å². The number of aliphatic hydroxyl groups is 1. The molecule has 0 radical (unpaired) electrons.